The van der Waals surface area contributed by atoms with E-state index >= 15 is 0 Å². The maximum atomic E-state index is 5.52. The summed E-state index contributed by atoms with van der Waals surface area (Å²) in [4.78, 5) is 3.75. The Kier molecular flexibility index (Phi) is 2.24. The first-order chi connectivity index (χ1) is 6.28. The lowest BCUT2D eigenvalue weighted by molar-refractivity contribution is 0.0948. The van der Waals surface area contributed by atoms with Crippen LogP contribution < -0.4 is 5.73 Å². The molecule has 0 amide bonds. The molecule has 13 heavy (non-hydrogen) atoms. The van der Waals surface area contributed by atoms with E-state index in [4.69, 9.17) is 5.73 Å². The Morgan fingerprint density at radius 1 is 1.54 bits per heavy atom. The van der Waals surface area contributed by atoms with Gasteiger partial charge >= 0.3 is 0 Å². The van der Waals surface area contributed by atoms with Gasteiger partial charge in [0.05, 0.1) is 13.6 Å². The second kappa shape index (κ2) is 3.39. The Labute approximate surface area is 76.7 Å². The Hall–Kier alpha value is -1.01. The highest BCUT2D eigenvalue weighted by molar-refractivity contribution is 4.85. The van der Waals surface area contributed by atoms with Crippen LogP contribution in [0.2, 0.25) is 0 Å². The molecule has 2 rings (SSSR count). The number of hydrogen-bond acceptors (Lipinski definition) is 5. The van der Waals surface area contributed by atoms with Crippen LogP contribution in [0, 0.1) is 5.92 Å². The van der Waals surface area contributed by atoms with Gasteiger partial charge in [0.1, 0.15) is 0 Å². The second-order valence-corrected chi connectivity index (χ2v) is 3.49. The highest BCUT2D eigenvalue weighted by Gasteiger charge is 2.25. The first kappa shape index (κ1) is 8.58. The third-order valence-corrected chi connectivity index (χ3v) is 2.28. The molecule has 6 nitrogen and oxygen atoms in total. The zero-order valence-electron chi connectivity index (χ0n) is 7.72. The molecule has 0 spiro atoms. The van der Waals surface area contributed by atoms with Gasteiger partial charge in [0.2, 0.25) is 0 Å². The molecule has 0 aromatic carbocycles. The summed E-state index contributed by atoms with van der Waals surface area (Å²) in [6.07, 6.45) is 0. The number of hydrogen-bond donors (Lipinski definition) is 1. The quantitative estimate of drug-likeness (QED) is 0.622. The molecule has 1 saturated heterocycles. The summed E-state index contributed by atoms with van der Waals surface area (Å²) in [5.74, 6) is 1.45. The van der Waals surface area contributed by atoms with Crippen molar-refractivity contribution in [3.05, 3.63) is 5.82 Å². The summed E-state index contributed by atoms with van der Waals surface area (Å²) < 4.78 is 0. The fraction of sp³-hybridized carbons (Fsp3) is 0.857. The number of nitrogens with two attached hydrogens (primary N) is 1. The highest BCUT2D eigenvalue weighted by Crippen LogP contribution is 2.15. The van der Waals surface area contributed by atoms with Gasteiger partial charge < -0.3 is 5.73 Å². The molecule has 6 heteroatoms. The molecule has 2 heterocycles. The van der Waals surface area contributed by atoms with Crippen molar-refractivity contribution in [2.45, 2.75) is 6.54 Å². The van der Waals surface area contributed by atoms with E-state index < -0.39 is 0 Å². The molecule has 1 aromatic rings. The molecule has 72 valence electrons. The van der Waals surface area contributed by atoms with Crippen LogP contribution in [-0.2, 0) is 13.6 Å². The minimum absolute atomic E-state index is 0.664. The normalized spacial score (nSPS) is 18.9. The van der Waals surface area contributed by atoms with Gasteiger partial charge in [-0.1, -0.05) is 0 Å². The zero-order valence-corrected chi connectivity index (χ0v) is 7.72. The van der Waals surface area contributed by atoms with Gasteiger partial charge in [-0.2, -0.15) is 4.80 Å². The van der Waals surface area contributed by atoms with Crippen molar-refractivity contribution in [2.75, 3.05) is 19.6 Å². The molecule has 0 bridgehead atoms. The Bertz CT molecular complexity index is 276. The standard InChI is InChI=1S/C7H14N6/c1-12-10-7(9-11-12)5-13-3-6(2-8)4-13/h6H,2-5,8H2,1H3. The van der Waals surface area contributed by atoms with Crippen LogP contribution in [-0.4, -0.2) is 44.7 Å². The molecule has 2 N–H and O–H groups in total. The summed E-state index contributed by atoms with van der Waals surface area (Å²) >= 11 is 0. The molecule has 0 saturated carbocycles. The number of aryl methyl sites for hydroxylation is 1. The largest absolute Gasteiger partial charge is 0.330 e. The fourth-order valence-electron chi connectivity index (χ4n) is 1.54. The Morgan fingerprint density at radius 3 is 2.85 bits per heavy atom. The smallest absolute Gasteiger partial charge is 0.188 e. The third kappa shape index (κ3) is 1.84. The second-order valence-electron chi connectivity index (χ2n) is 3.49. The number of aromatic nitrogens is 4. The van der Waals surface area contributed by atoms with E-state index in [1.165, 1.54) is 4.80 Å². The molecule has 0 radical (unpaired) electrons. The topological polar surface area (TPSA) is 72.9 Å². The Morgan fingerprint density at radius 2 is 2.31 bits per heavy atom. The molecule has 0 unspecified atom stereocenters. The lowest BCUT2D eigenvalue weighted by Gasteiger charge is -2.37. The maximum absolute atomic E-state index is 5.52. The average Bonchev–Trinajstić information content (AvgIpc) is 2.43. The molecule has 1 aromatic heterocycles. The molecule has 1 aliphatic rings. The lowest BCUT2D eigenvalue weighted by Crippen LogP contribution is -2.49. The number of rotatable bonds is 3. The summed E-state index contributed by atoms with van der Waals surface area (Å²) in [6.45, 7) is 3.71. The predicted octanol–water partition coefficient (Wildman–Crippen LogP) is -1.40. The summed E-state index contributed by atoms with van der Waals surface area (Å²) in [6, 6.07) is 0. The van der Waals surface area contributed by atoms with Crippen molar-refractivity contribution in [2.24, 2.45) is 18.7 Å². The minimum Gasteiger partial charge on any atom is -0.330 e. The summed E-state index contributed by atoms with van der Waals surface area (Å²) in [5, 5.41) is 11.8. The van der Waals surface area contributed by atoms with Gasteiger partial charge in [-0.05, 0) is 17.7 Å². The minimum atomic E-state index is 0.664. The van der Waals surface area contributed by atoms with Crippen molar-refractivity contribution in [3.8, 4) is 0 Å². The summed E-state index contributed by atoms with van der Waals surface area (Å²) in [5.41, 5.74) is 5.52. The number of likely N-dealkylation sites (tertiary alicyclic amines) is 1. The van der Waals surface area contributed by atoms with Crippen LogP contribution >= 0.6 is 0 Å². The van der Waals surface area contributed by atoms with E-state index in [1.54, 1.807) is 7.05 Å². The fourth-order valence-corrected chi connectivity index (χ4v) is 1.54. The SMILES string of the molecule is Cn1nnc(CN2CC(CN)C2)n1. The van der Waals surface area contributed by atoms with E-state index in [2.05, 4.69) is 20.3 Å². The van der Waals surface area contributed by atoms with Crippen LogP contribution in [0.3, 0.4) is 0 Å². The van der Waals surface area contributed by atoms with Crippen LogP contribution in [0.1, 0.15) is 5.82 Å². The number of nitrogens with zero attached hydrogens (tertiary/aromatic N) is 5. The van der Waals surface area contributed by atoms with Crippen LogP contribution in [0.4, 0.5) is 0 Å². The maximum Gasteiger partial charge on any atom is 0.188 e. The molecular weight excluding hydrogens is 168 g/mol. The van der Waals surface area contributed by atoms with Gasteiger partial charge in [-0.3, -0.25) is 4.90 Å². The van der Waals surface area contributed by atoms with E-state index in [0.29, 0.717) is 5.92 Å². The first-order valence-electron chi connectivity index (χ1n) is 4.43. The van der Waals surface area contributed by atoms with Gasteiger partial charge in [0, 0.05) is 13.1 Å². The lowest BCUT2D eigenvalue weighted by atomic mass is 10.0. The van der Waals surface area contributed by atoms with Gasteiger partial charge in [0.25, 0.3) is 0 Å². The first-order valence-corrected chi connectivity index (χ1v) is 4.43. The number of tetrazole rings is 1. The third-order valence-electron chi connectivity index (χ3n) is 2.28. The van der Waals surface area contributed by atoms with E-state index in [0.717, 1.165) is 32.0 Å². The molecule has 0 atom stereocenters. The summed E-state index contributed by atoms with van der Waals surface area (Å²) in [7, 11) is 1.77. The van der Waals surface area contributed by atoms with E-state index in [9.17, 15) is 0 Å². The van der Waals surface area contributed by atoms with Gasteiger partial charge in [-0.25, -0.2) is 0 Å². The monoisotopic (exact) mass is 182 g/mol. The van der Waals surface area contributed by atoms with Gasteiger partial charge in [0.15, 0.2) is 5.82 Å². The van der Waals surface area contributed by atoms with Crippen molar-refractivity contribution in [3.63, 3.8) is 0 Å². The van der Waals surface area contributed by atoms with Crippen molar-refractivity contribution < 1.29 is 0 Å². The average molecular weight is 182 g/mol. The van der Waals surface area contributed by atoms with E-state index in [1.807, 2.05) is 0 Å². The van der Waals surface area contributed by atoms with Crippen LogP contribution in [0.5, 0.6) is 0 Å². The molecular formula is C7H14N6. The molecule has 1 fully saturated rings. The van der Waals surface area contributed by atoms with Crippen molar-refractivity contribution in [1.82, 2.24) is 25.1 Å². The van der Waals surface area contributed by atoms with Crippen molar-refractivity contribution >= 4 is 0 Å². The van der Waals surface area contributed by atoms with Gasteiger partial charge in [-0.15, -0.1) is 10.2 Å². The predicted molar refractivity (Wildman–Crippen MR) is 46.6 cm³/mol. The molecule has 0 aliphatic carbocycles. The highest BCUT2D eigenvalue weighted by atomic mass is 15.6. The molecule has 1 aliphatic heterocycles. The van der Waals surface area contributed by atoms with Crippen LogP contribution in [0.25, 0.3) is 0 Å². The van der Waals surface area contributed by atoms with Crippen molar-refractivity contribution in [1.29, 1.82) is 0 Å². The zero-order chi connectivity index (χ0) is 9.26. The van der Waals surface area contributed by atoms with Crippen LogP contribution in [0.15, 0.2) is 0 Å². The van der Waals surface area contributed by atoms with E-state index in [-0.39, 0.29) is 0 Å². The Balaban J connectivity index is 1.81.